The second-order valence-corrected chi connectivity index (χ2v) is 6.07. The molecule has 0 bridgehead atoms. The third kappa shape index (κ3) is 2.49. The lowest BCUT2D eigenvalue weighted by Crippen LogP contribution is -2.40. The van der Waals surface area contributed by atoms with Gasteiger partial charge in [-0.25, -0.2) is 0 Å². The minimum Gasteiger partial charge on any atom is -0.481 e. The van der Waals surface area contributed by atoms with Crippen LogP contribution in [0.2, 0.25) is 0 Å². The Morgan fingerprint density at radius 3 is 2.47 bits per heavy atom. The molecule has 1 saturated heterocycles. The Kier molecular flexibility index (Phi) is 3.76. The molecule has 0 aromatic heterocycles. The Morgan fingerprint density at radius 1 is 1.35 bits per heavy atom. The molecule has 1 atom stereocenters. The van der Waals surface area contributed by atoms with E-state index in [1.165, 1.54) is 25.7 Å². The van der Waals surface area contributed by atoms with E-state index in [0.717, 1.165) is 31.8 Å². The van der Waals surface area contributed by atoms with Gasteiger partial charge in [-0.05, 0) is 51.0 Å². The third-order valence-electron chi connectivity index (χ3n) is 5.02. The highest BCUT2D eigenvalue weighted by Crippen LogP contribution is 2.38. The third-order valence-corrected chi connectivity index (χ3v) is 5.02. The highest BCUT2D eigenvalue weighted by molar-refractivity contribution is 5.75. The van der Waals surface area contributed by atoms with Gasteiger partial charge in [0.2, 0.25) is 0 Å². The lowest BCUT2D eigenvalue weighted by Gasteiger charge is -2.34. The lowest BCUT2D eigenvalue weighted by atomic mass is 9.84. The number of hydrogen-bond donors (Lipinski definition) is 1. The van der Waals surface area contributed by atoms with Crippen LogP contribution < -0.4 is 0 Å². The Labute approximate surface area is 104 Å². The summed E-state index contributed by atoms with van der Waals surface area (Å²) in [5.41, 5.74) is -0.455. The molecule has 98 valence electrons. The first-order valence-electron chi connectivity index (χ1n) is 7.05. The van der Waals surface area contributed by atoms with Crippen LogP contribution in [0.5, 0.6) is 0 Å². The van der Waals surface area contributed by atoms with E-state index < -0.39 is 11.4 Å². The first-order valence-corrected chi connectivity index (χ1v) is 7.05. The summed E-state index contributed by atoms with van der Waals surface area (Å²) in [6, 6.07) is 0.652. The van der Waals surface area contributed by atoms with Crippen molar-refractivity contribution in [2.24, 2.45) is 11.3 Å². The first kappa shape index (κ1) is 12.9. The molecular weight excluding hydrogens is 214 g/mol. The normalized spacial score (nSPS) is 39.4. The smallest absolute Gasteiger partial charge is 0.310 e. The minimum atomic E-state index is -0.591. The van der Waals surface area contributed by atoms with Crippen LogP contribution in [0.25, 0.3) is 0 Å². The Hall–Kier alpha value is -0.570. The summed E-state index contributed by atoms with van der Waals surface area (Å²) < 4.78 is 0. The van der Waals surface area contributed by atoms with Gasteiger partial charge in [0.25, 0.3) is 0 Å². The fourth-order valence-corrected chi connectivity index (χ4v) is 3.44. The van der Waals surface area contributed by atoms with Crippen LogP contribution in [0, 0.1) is 11.3 Å². The van der Waals surface area contributed by atoms with E-state index in [2.05, 4.69) is 11.8 Å². The number of carboxylic acid groups (broad SMARTS) is 1. The highest BCUT2D eigenvalue weighted by Gasteiger charge is 2.45. The number of carbonyl (C=O) groups is 1. The maximum Gasteiger partial charge on any atom is 0.310 e. The Morgan fingerprint density at radius 2 is 2.00 bits per heavy atom. The molecule has 1 aliphatic carbocycles. The number of nitrogens with zero attached hydrogens (tertiary/aromatic N) is 1. The molecule has 2 aliphatic rings. The SMILES string of the molecule is CCC1(C(=O)O)CCN(C2CCC(C)CC2)C1. The van der Waals surface area contributed by atoms with Gasteiger partial charge in [-0.15, -0.1) is 0 Å². The molecule has 1 N–H and O–H groups in total. The Bertz CT molecular complexity index is 284. The van der Waals surface area contributed by atoms with Gasteiger partial charge in [-0.1, -0.05) is 13.8 Å². The monoisotopic (exact) mass is 239 g/mol. The van der Waals surface area contributed by atoms with E-state index in [0.29, 0.717) is 6.04 Å². The van der Waals surface area contributed by atoms with Crippen molar-refractivity contribution in [3.8, 4) is 0 Å². The summed E-state index contributed by atoms with van der Waals surface area (Å²) in [4.78, 5) is 13.9. The molecular formula is C14H25NO2. The van der Waals surface area contributed by atoms with Crippen molar-refractivity contribution < 1.29 is 9.90 Å². The summed E-state index contributed by atoms with van der Waals surface area (Å²) in [5.74, 6) is 0.274. The van der Waals surface area contributed by atoms with E-state index in [1.54, 1.807) is 0 Å². The van der Waals surface area contributed by atoms with Crippen molar-refractivity contribution in [2.45, 2.75) is 58.4 Å². The topological polar surface area (TPSA) is 40.5 Å². The molecule has 0 spiro atoms. The standard InChI is InChI=1S/C14H25NO2/c1-3-14(13(16)17)8-9-15(10-14)12-6-4-11(2)5-7-12/h11-12H,3-10H2,1-2H3,(H,16,17). The van der Waals surface area contributed by atoms with Crippen molar-refractivity contribution in [1.82, 2.24) is 4.90 Å². The summed E-state index contributed by atoms with van der Waals surface area (Å²) in [6.45, 7) is 6.10. The van der Waals surface area contributed by atoms with Gasteiger partial charge in [-0.3, -0.25) is 9.69 Å². The molecule has 0 aromatic carbocycles. The Balaban J connectivity index is 1.95. The van der Waals surface area contributed by atoms with Crippen LogP contribution >= 0.6 is 0 Å². The molecule has 1 heterocycles. The highest BCUT2D eigenvalue weighted by atomic mass is 16.4. The van der Waals surface area contributed by atoms with Gasteiger partial charge in [-0.2, -0.15) is 0 Å². The average molecular weight is 239 g/mol. The fraction of sp³-hybridized carbons (Fsp3) is 0.929. The second-order valence-electron chi connectivity index (χ2n) is 6.07. The summed E-state index contributed by atoms with van der Waals surface area (Å²) in [6.07, 6.45) is 6.76. The van der Waals surface area contributed by atoms with Gasteiger partial charge < -0.3 is 5.11 Å². The molecule has 1 aliphatic heterocycles. The van der Waals surface area contributed by atoms with Crippen molar-refractivity contribution in [2.75, 3.05) is 13.1 Å². The predicted octanol–water partition coefficient (Wildman–Crippen LogP) is 2.75. The van der Waals surface area contributed by atoms with Gasteiger partial charge in [0.1, 0.15) is 0 Å². The molecule has 17 heavy (non-hydrogen) atoms. The maximum absolute atomic E-state index is 11.4. The van der Waals surface area contributed by atoms with E-state index in [-0.39, 0.29) is 0 Å². The number of rotatable bonds is 3. The van der Waals surface area contributed by atoms with Crippen LogP contribution in [0.3, 0.4) is 0 Å². The molecule has 3 nitrogen and oxygen atoms in total. The summed E-state index contributed by atoms with van der Waals surface area (Å²) >= 11 is 0. The van der Waals surface area contributed by atoms with Gasteiger partial charge >= 0.3 is 5.97 Å². The summed E-state index contributed by atoms with van der Waals surface area (Å²) in [7, 11) is 0. The predicted molar refractivity (Wildman–Crippen MR) is 68.0 cm³/mol. The van der Waals surface area contributed by atoms with Crippen molar-refractivity contribution in [3.05, 3.63) is 0 Å². The number of hydrogen-bond acceptors (Lipinski definition) is 2. The van der Waals surface area contributed by atoms with Crippen LogP contribution in [0.1, 0.15) is 52.4 Å². The van der Waals surface area contributed by atoms with E-state index >= 15 is 0 Å². The van der Waals surface area contributed by atoms with Crippen molar-refractivity contribution in [3.63, 3.8) is 0 Å². The lowest BCUT2D eigenvalue weighted by molar-refractivity contribution is -0.148. The first-order chi connectivity index (χ1) is 8.07. The maximum atomic E-state index is 11.4. The fourth-order valence-electron chi connectivity index (χ4n) is 3.44. The molecule has 3 heteroatoms. The van der Waals surface area contributed by atoms with E-state index in [1.807, 2.05) is 6.92 Å². The number of carboxylic acids is 1. The zero-order valence-electron chi connectivity index (χ0n) is 11.1. The largest absolute Gasteiger partial charge is 0.481 e. The molecule has 0 radical (unpaired) electrons. The van der Waals surface area contributed by atoms with Gasteiger partial charge in [0.05, 0.1) is 5.41 Å². The van der Waals surface area contributed by atoms with Gasteiger partial charge in [0.15, 0.2) is 0 Å². The van der Waals surface area contributed by atoms with Crippen LogP contribution in [-0.2, 0) is 4.79 Å². The average Bonchev–Trinajstić information content (AvgIpc) is 2.75. The second kappa shape index (κ2) is 4.97. The molecule has 2 rings (SSSR count). The molecule has 0 aromatic rings. The number of aliphatic carboxylic acids is 1. The zero-order chi connectivity index (χ0) is 12.5. The zero-order valence-corrected chi connectivity index (χ0v) is 11.1. The van der Waals surface area contributed by atoms with Crippen molar-refractivity contribution >= 4 is 5.97 Å². The molecule has 2 fully saturated rings. The molecule has 1 unspecified atom stereocenters. The minimum absolute atomic E-state index is 0.455. The molecule has 0 amide bonds. The summed E-state index contributed by atoms with van der Waals surface area (Å²) in [5, 5.41) is 9.40. The van der Waals surface area contributed by atoms with E-state index in [9.17, 15) is 9.90 Å². The van der Waals surface area contributed by atoms with Crippen LogP contribution in [0.15, 0.2) is 0 Å². The van der Waals surface area contributed by atoms with Crippen LogP contribution in [0.4, 0.5) is 0 Å². The molecule has 1 saturated carbocycles. The van der Waals surface area contributed by atoms with Crippen LogP contribution in [-0.4, -0.2) is 35.1 Å². The van der Waals surface area contributed by atoms with Crippen molar-refractivity contribution in [1.29, 1.82) is 0 Å². The quantitative estimate of drug-likeness (QED) is 0.823. The van der Waals surface area contributed by atoms with E-state index in [4.69, 9.17) is 0 Å². The number of likely N-dealkylation sites (tertiary alicyclic amines) is 1. The van der Waals surface area contributed by atoms with Gasteiger partial charge in [0, 0.05) is 12.6 Å².